The Labute approximate surface area is 189 Å². The largest absolute Gasteiger partial charge is 0.345 e. The van der Waals surface area contributed by atoms with Crippen LogP contribution in [0, 0.1) is 34.0 Å². The van der Waals surface area contributed by atoms with Gasteiger partial charge in [0.15, 0.2) is 5.57 Å². The van der Waals surface area contributed by atoms with Crippen molar-refractivity contribution in [1.82, 2.24) is 9.97 Å². The van der Waals surface area contributed by atoms with Crippen LogP contribution in [0.25, 0.3) is 22.4 Å². The molecule has 4 aromatic rings. The van der Waals surface area contributed by atoms with Crippen LogP contribution >= 0.6 is 0 Å². The standard InChI is InChI=1S/C25H15N7O/c26-13-18(14-27)23(15-28)29-20-10-11-21-22(12-20)32-24(31-21)16-6-8-19(9-7-16)30-25(33)17-4-2-1-3-5-17/h1-12,29H,(H,30,33)(H,31,32). The highest BCUT2D eigenvalue weighted by atomic mass is 16.1. The molecule has 3 aromatic carbocycles. The van der Waals surface area contributed by atoms with Crippen LogP contribution in [0.15, 0.2) is 84.1 Å². The molecule has 1 aromatic heterocycles. The summed E-state index contributed by atoms with van der Waals surface area (Å²) in [6.07, 6.45) is 0. The van der Waals surface area contributed by atoms with Crippen LogP contribution in [0.2, 0.25) is 0 Å². The van der Waals surface area contributed by atoms with E-state index in [9.17, 15) is 10.1 Å². The zero-order chi connectivity index (χ0) is 23.2. The summed E-state index contributed by atoms with van der Waals surface area (Å²) in [5.74, 6) is 0.447. The van der Waals surface area contributed by atoms with Crippen molar-refractivity contribution in [2.45, 2.75) is 0 Å². The number of anilines is 2. The zero-order valence-corrected chi connectivity index (χ0v) is 17.1. The third-order valence-electron chi connectivity index (χ3n) is 4.79. The molecule has 0 atom stereocenters. The number of rotatable bonds is 5. The number of allylic oxidation sites excluding steroid dienone is 2. The van der Waals surface area contributed by atoms with Gasteiger partial charge in [0.05, 0.1) is 11.0 Å². The second-order valence-electron chi connectivity index (χ2n) is 6.93. The number of H-pyrrole nitrogens is 1. The van der Waals surface area contributed by atoms with E-state index in [-0.39, 0.29) is 17.2 Å². The molecule has 0 aliphatic rings. The normalized spacial score (nSPS) is 9.85. The van der Waals surface area contributed by atoms with Gasteiger partial charge in [0.25, 0.3) is 5.91 Å². The van der Waals surface area contributed by atoms with Gasteiger partial charge in [-0.3, -0.25) is 4.79 Å². The molecule has 0 saturated carbocycles. The molecule has 3 N–H and O–H groups in total. The van der Waals surface area contributed by atoms with Gasteiger partial charge in [-0.05, 0) is 54.6 Å². The summed E-state index contributed by atoms with van der Waals surface area (Å²) in [7, 11) is 0. The van der Waals surface area contributed by atoms with Gasteiger partial charge in [-0.25, -0.2) is 4.98 Å². The van der Waals surface area contributed by atoms with E-state index in [2.05, 4.69) is 20.6 Å². The van der Waals surface area contributed by atoms with Crippen molar-refractivity contribution in [3.8, 4) is 29.6 Å². The summed E-state index contributed by atoms with van der Waals surface area (Å²) in [6.45, 7) is 0. The molecule has 0 aliphatic heterocycles. The fraction of sp³-hybridized carbons (Fsp3) is 0. The maximum absolute atomic E-state index is 12.3. The highest BCUT2D eigenvalue weighted by Crippen LogP contribution is 2.25. The monoisotopic (exact) mass is 429 g/mol. The summed E-state index contributed by atoms with van der Waals surface area (Å²) >= 11 is 0. The first-order valence-electron chi connectivity index (χ1n) is 9.79. The van der Waals surface area contributed by atoms with Gasteiger partial charge in [0, 0.05) is 22.5 Å². The topological polar surface area (TPSA) is 141 Å². The van der Waals surface area contributed by atoms with Crippen molar-refractivity contribution < 1.29 is 4.79 Å². The average molecular weight is 429 g/mol. The van der Waals surface area contributed by atoms with Crippen LogP contribution < -0.4 is 10.6 Å². The summed E-state index contributed by atoms with van der Waals surface area (Å²) < 4.78 is 0. The highest BCUT2D eigenvalue weighted by molar-refractivity contribution is 6.04. The number of fused-ring (bicyclic) bond motifs is 1. The number of nitrogens with one attached hydrogen (secondary N) is 3. The van der Waals surface area contributed by atoms with Gasteiger partial charge in [0.2, 0.25) is 0 Å². The van der Waals surface area contributed by atoms with Crippen LogP contribution in [-0.2, 0) is 0 Å². The molecule has 0 unspecified atom stereocenters. The van der Waals surface area contributed by atoms with Crippen molar-refractivity contribution in [3.05, 3.63) is 89.6 Å². The summed E-state index contributed by atoms with van der Waals surface area (Å²) in [4.78, 5) is 20.1. The minimum absolute atomic E-state index is 0.118. The average Bonchev–Trinajstić information content (AvgIpc) is 3.28. The van der Waals surface area contributed by atoms with Crippen molar-refractivity contribution in [1.29, 1.82) is 15.8 Å². The van der Waals surface area contributed by atoms with Gasteiger partial charge in [0.1, 0.15) is 29.7 Å². The molecule has 1 amide bonds. The number of aromatic nitrogens is 2. The molecule has 0 bridgehead atoms. The number of carbonyl (C=O) groups excluding carboxylic acids is 1. The van der Waals surface area contributed by atoms with E-state index in [1.165, 1.54) is 0 Å². The molecule has 0 spiro atoms. The van der Waals surface area contributed by atoms with Crippen LogP contribution in [0.1, 0.15) is 10.4 Å². The number of nitriles is 3. The molecule has 0 fully saturated rings. The summed E-state index contributed by atoms with van der Waals surface area (Å²) in [6, 6.07) is 26.7. The minimum atomic E-state index is -0.289. The molecule has 0 saturated heterocycles. The zero-order valence-electron chi connectivity index (χ0n) is 17.1. The lowest BCUT2D eigenvalue weighted by atomic mass is 10.1. The Kier molecular flexibility index (Phi) is 5.80. The fourth-order valence-corrected chi connectivity index (χ4v) is 3.16. The summed E-state index contributed by atoms with van der Waals surface area (Å²) in [5, 5.41) is 32.8. The predicted molar refractivity (Wildman–Crippen MR) is 123 cm³/mol. The lowest BCUT2D eigenvalue weighted by Crippen LogP contribution is -2.11. The number of imidazole rings is 1. The van der Waals surface area contributed by atoms with Crippen molar-refractivity contribution >= 4 is 28.3 Å². The molecule has 8 heteroatoms. The first-order chi connectivity index (χ1) is 16.1. The van der Waals surface area contributed by atoms with E-state index in [0.717, 1.165) is 5.56 Å². The number of aromatic amines is 1. The lowest BCUT2D eigenvalue weighted by molar-refractivity contribution is 0.102. The van der Waals surface area contributed by atoms with Crippen molar-refractivity contribution in [3.63, 3.8) is 0 Å². The van der Waals surface area contributed by atoms with E-state index in [1.54, 1.807) is 54.6 Å². The number of nitrogens with zero attached hydrogens (tertiary/aromatic N) is 4. The molecule has 156 valence electrons. The van der Waals surface area contributed by atoms with Gasteiger partial charge < -0.3 is 15.6 Å². The number of amides is 1. The van der Waals surface area contributed by atoms with E-state index in [0.29, 0.717) is 33.8 Å². The molecule has 0 aliphatic carbocycles. The van der Waals surface area contributed by atoms with Gasteiger partial charge in [-0.1, -0.05) is 18.2 Å². The number of benzene rings is 3. The minimum Gasteiger partial charge on any atom is -0.345 e. The smallest absolute Gasteiger partial charge is 0.255 e. The van der Waals surface area contributed by atoms with Crippen LogP contribution in [0.5, 0.6) is 0 Å². The molecular formula is C25H15N7O. The lowest BCUT2D eigenvalue weighted by Gasteiger charge is -2.06. The maximum Gasteiger partial charge on any atom is 0.255 e. The van der Waals surface area contributed by atoms with Crippen LogP contribution in [0.4, 0.5) is 11.4 Å². The first kappa shape index (κ1) is 20.9. The van der Waals surface area contributed by atoms with Crippen LogP contribution in [0.3, 0.4) is 0 Å². The van der Waals surface area contributed by atoms with Gasteiger partial charge in [-0.2, -0.15) is 15.8 Å². The van der Waals surface area contributed by atoms with E-state index in [4.69, 9.17) is 10.5 Å². The molecular weight excluding hydrogens is 414 g/mol. The van der Waals surface area contributed by atoms with E-state index >= 15 is 0 Å². The Hall–Kier alpha value is -5.39. The SMILES string of the molecule is N#CC(C#N)=C(C#N)Nc1ccc2nc(-c3ccc(NC(=O)c4ccccc4)cc3)[nH]c2c1. The van der Waals surface area contributed by atoms with Gasteiger partial charge in [-0.15, -0.1) is 0 Å². The number of carbonyl (C=O) groups is 1. The van der Waals surface area contributed by atoms with Crippen molar-refractivity contribution in [2.24, 2.45) is 0 Å². The predicted octanol–water partition coefficient (Wildman–Crippen LogP) is 4.72. The van der Waals surface area contributed by atoms with Crippen LogP contribution in [-0.4, -0.2) is 15.9 Å². The summed E-state index contributed by atoms with van der Waals surface area (Å²) in [5.41, 5.74) is 3.62. The third-order valence-corrected chi connectivity index (χ3v) is 4.79. The molecule has 0 radical (unpaired) electrons. The second kappa shape index (κ2) is 9.18. The highest BCUT2D eigenvalue weighted by Gasteiger charge is 2.10. The van der Waals surface area contributed by atoms with Gasteiger partial charge >= 0.3 is 0 Å². The number of hydrogen-bond donors (Lipinski definition) is 3. The Morgan fingerprint density at radius 1 is 0.818 bits per heavy atom. The molecule has 4 rings (SSSR count). The van der Waals surface area contributed by atoms with E-state index in [1.807, 2.05) is 36.4 Å². The number of hydrogen-bond acceptors (Lipinski definition) is 6. The Morgan fingerprint density at radius 3 is 2.18 bits per heavy atom. The molecule has 8 nitrogen and oxygen atoms in total. The molecule has 33 heavy (non-hydrogen) atoms. The third kappa shape index (κ3) is 4.54. The quantitative estimate of drug-likeness (QED) is 0.392. The Balaban J connectivity index is 1.54. The van der Waals surface area contributed by atoms with Crippen molar-refractivity contribution in [2.75, 3.05) is 10.6 Å². The Morgan fingerprint density at radius 2 is 1.52 bits per heavy atom. The maximum atomic E-state index is 12.3. The molecule has 1 heterocycles. The fourth-order valence-electron chi connectivity index (χ4n) is 3.16. The van der Waals surface area contributed by atoms with E-state index < -0.39 is 0 Å². The second-order valence-corrected chi connectivity index (χ2v) is 6.93. The first-order valence-corrected chi connectivity index (χ1v) is 9.79. The Bertz CT molecular complexity index is 1480.